The van der Waals surface area contributed by atoms with Gasteiger partial charge in [0.25, 0.3) is 0 Å². The fourth-order valence-electron chi connectivity index (χ4n) is 10.9. The van der Waals surface area contributed by atoms with Crippen LogP contribution < -0.4 is 0 Å². The van der Waals surface area contributed by atoms with Gasteiger partial charge in [0, 0.05) is 52.6 Å². The van der Waals surface area contributed by atoms with Gasteiger partial charge in [-0.15, -0.1) is 45.3 Å². The third kappa shape index (κ3) is 4.75. The molecule has 4 heterocycles. The van der Waals surface area contributed by atoms with Crippen molar-refractivity contribution in [3.63, 3.8) is 0 Å². The second-order valence-corrected chi connectivity index (χ2v) is 21.5. The fraction of sp³-hybridized carbons (Fsp3) is 0.111. The number of rotatable bonds is 2. The van der Waals surface area contributed by atoms with Gasteiger partial charge in [0.2, 0.25) is 0 Å². The molecular weight excluding hydrogens is 841 g/mol. The summed E-state index contributed by atoms with van der Waals surface area (Å²) in [7, 11) is 0. The van der Waals surface area contributed by atoms with Crippen LogP contribution in [0.25, 0.3) is 83.8 Å². The van der Waals surface area contributed by atoms with Crippen molar-refractivity contribution in [1.82, 2.24) is 0 Å². The molecular formula is C54H30O4S4. The number of thiophene rings is 4. The van der Waals surface area contributed by atoms with Crippen molar-refractivity contribution in [2.24, 2.45) is 0 Å². The Morgan fingerprint density at radius 2 is 0.887 bits per heavy atom. The topological polar surface area (TPSA) is 68.3 Å². The highest BCUT2D eigenvalue weighted by atomic mass is 32.1. The van der Waals surface area contributed by atoms with E-state index in [0.29, 0.717) is 22.3 Å². The molecule has 0 saturated heterocycles. The molecule has 0 aliphatic heterocycles. The predicted molar refractivity (Wildman–Crippen MR) is 258 cm³/mol. The van der Waals surface area contributed by atoms with Crippen LogP contribution in [0.15, 0.2) is 120 Å². The standard InChI is InChI=1S/C54H30O4S4/c55-45-36-18-30-14-26-8-2-3-9-27(26)15-31(30)19-37(36)46(56)40(45)22-34-24-42-49(59-34)51-44(54(42)12-6-1-7-13-54)52-53(62-51)50-43(61-52)25-35(60-50)23-41-47(57)38-20-32-16-28-10-4-5-11-29(28)17-33(32)21-39(38)48(41)58/h2-5,8-11,14-25H,1,6-7,12-13H2. The van der Waals surface area contributed by atoms with Crippen LogP contribution in [-0.2, 0) is 5.41 Å². The number of hydrogen-bond acceptors (Lipinski definition) is 8. The van der Waals surface area contributed by atoms with Crippen LogP contribution >= 0.6 is 45.3 Å². The van der Waals surface area contributed by atoms with Crippen molar-refractivity contribution < 1.29 is 19.2 Å². The van der Waals surface area contributed by atoms with E-state index in [0.717, 1.165) is 78.5 Å². The first-order valence-electron chi connectivity index (χ1n) is 21.0. The summed E-state index contributed by atoms with van der Waals surface area (Å²) >= 11 is 7.06. The van der Waals surface area contributed by atoms with Gasteiger partial charge in [0.1, 0.15) is 0 Å². The molecule has 294 valence electrons. The van der Waals surface area contributed by atoms with E-state index in [4.69, 9.17) is 0 Å². The Labute approximate surface area is 370 Å². The van der Waals surface area contributed by atoms with Gasteiger partial charge in [0.15, 0.2) is 23.1 Å². The van der Waals surface area contributed by atoms with Crippen molar-refractivity contribution in [2.75, 3.05) is 0 Å². The molecule has 62 heavy (non-hydrogen) atoms. The lowest BCUT2D eigenvalue weighted by Gasteiger charge is -2.35. The van der Waals surface area contributed by atoms with E-state index < -0.39 is 0 Å². The molecule has 4 aliphatic rings. The van der Waals surface area contributed by atoms with E-state index in [-0.39, 0.29) is 39.7 Å². The van der Waals surface area contributed by atoms with Crippen LogP contribution in [0.2, 0.25) is 0 Å². The molecule has 0 radical (unpaired) electrons. The highest BCUT2D eigenvalue weighted by molar-refractivity contribution is 7.40. The smallest absolute Gasteiger partial charge is 0.197 e. The summed E-state index contributed by atoms with van der Waals surface area (Å²) in [4.78, 5) is 60.1. The molecule has 8 heteroatoms. The van der Waals surface area contributed by atoms with Gasteiger partial charge in [-0.1, -0.05) is 67.8 Å². The van der Waals surface area contributed by atoms with Crippen LogP contribution in [0, 0.1) is 0 Å². The van der Waals surface area contributed by atoms with Gasteiger partial charge < -0.3 is 0 Å². The lowest BCUT2D eigenvalue weighted by Crippen LogP contribution is -2.27. The second-order valence-electron chi connectivity index (χ2n) is 17.3. The van der Waals surface area contributed by atoms with E-state index in [1.165, 1.54) is 46.1 Å². The Morgan fingerprint density at radius 3 is 1.37 bits per heavy atom. The maximum Gasteiger partial charge on any atom is 0.197 e. The Kier molecular flexibility index (Phi) is 7.14. The molecule has 6 aromatic carbocycles. The predicted octanol–water partition coefficient (Wildman–Crippen LogP) is 15.0. The van der Waals surface area contributed by atoms with Gasteiger partial charge in [-0.25, -0.2) is 0 Å². The zero-order valence-corrected chi connectivity index (χ0v) is 36.1. The molecule has 0 amide bonds. The molecule has 4 aliphatic carbocycles. The number of benzene rings is 6. The van der Waals surface area contributed by atoms with Crippen LogP contribution in [0.5, 0.6) is 0 Å². The van der Waals surface area contributed by atoms with Crippen LogP contribution in [-0.4, -0.2) is 23.1 Å². The Bertz CT molecular complexity index is 3720. The molecule has 10 aromatic rings. The van der Waals surface area contributed by atoms with E-state index in [1.54, 1.807) is 22.7 Å². The van der Waals surface area contributed by atoms with Gasteiger partial charge in [0.05, 0.1) is 30.1 Å². The first-order valence-corrected chi connectivity index (χ1v) is 24.3. The average molecular weight is 871 g/mol. The minimum absolute atomic E-state index is 0.0948. The number of Topliss-reactive ketones (excluding diaryl/α,β-unsaturated/α-hetero) is 4. The Morgan fingerprint density at radius 1 is 0.419 bits per heavy atom. The molecule has 1 fully saturated rings. The molecule has 0 atom stereocenters. The van der Waals surface area contributed by atoms with Gasteiger partial charge in [-0.2, -0.15) is 0 Å². The zero-order chi connectivity index (χ0) is 41.2. The summed E-state index contributed by atoms with van der Waals surface area (Å²) in [5.41, 5.74) is 5.13. The molecule has 0 N–H and O–H groups in total. The summed E-state index contributed by atoms with van der Waals surface area (Å²) in [5, 5.41) is 8.25. The van der Waals surface area contributed by atoms with Crippen molar-refractivity contribution >= 4 is 143 Å². The summed E-state index contributed by atoms with van der Waals surface area (Å²) in [5.74, 6) is -0.814. The highest BCUT2D eigenvalue weighted by Crippen LogP contribution is 2.65. The quantitative estimate of drug-likeness (QED) is 0.0986. The van der Waals surface area contributed by atoms with Gasteiger partial charge >= 0.3 is 0 Å². The number of ketones is 4. The summed E-state index contributed by atoms with van der Waals surface area (Å²) < 4.78 is 5.02. The number of hydrogen-bond donors (Lipinski definition) is 0. The average Bonchev–Trinajstić information content (AvgIpc) is 4.14. The number of carbonyl (C=O) groups is 4. The maximum absolute atomic E-state index is 14.0. The third-order valence-electron chi connectivity index (χ3n) is 13.9. The van der Waals surface area contributed by atoms with Crippen molar-refractivity contribution in [3.05, 3.63) is 163 Å². The SMILES string of the molecule is O=C1C(=Cc2cc3c(s2)-c2sc4c(sc5cc(C=C6C(=O)c7cc8cc9ccccc9cc8cc7C6=O)sc54)c2C32CCCCC2)C(=O)c2cc3cc4ccccc4cc3cc21. The van der Waals surface area contributed by atoms with Crippen LogP contribution in [0.3, 0.4) is 0 Å². The molecule has 14 rings (SSSR count). The van der Waals surface area contributed by atoms with Crippen molar-refractivity contribution in [1.29, 1.82) is 0 Å². The lowest BCUT2D eigenvalue weighted by atomic mass is 9.68. The van der Waals surface area contributed by atoms with Gasteiger partial charge in [-0.05, 0) is 134 Å². The van der Waals surface area contributed by atoms with Gasteiger partial charge in [-0.3, -0.25) is 19.2 Å². The monoisotopic (exact) mass is 870 g/mol. The first kappa shape index (κ1) is 35.4. The van der Waals surface area contributed by atoms with E-state index >= 15 is 0 Å². The Balaban J connectivity index is 0.836. The number of fused-ring (bicyclic) bond motifs is 15. The van der Waals surface area contributed by atoms with Crippen molar-refractivity contribution in [2.45, 2.75) is 37.5 Å². The first-order chi connectivity index (χ1) is 30.3. The second kappa shape index (κ2) is 12.5. The molecule has 4 nitrogen and oxygen atoms in total. The van der Waals surface area contributed by atoms with E-state index in [9.17, 15) is 19.2 Å². The van der Waals surface area contributed by atoms with E-state index in [2.05, 4.69) is 60.7 Å². The molecule has 1 saturated carbocycles. The van der Waals surface area contributed by atoms with Crippen LogP contribution in [0.4, 0.5) is 0 Å². The summed E-state index contributed by atoms with van der Waals surface area (Å²) in [6, 6.07) is 36.7. The Hall–Kier alpha value is -6.16. The lowest BCUT2D eigenvalue weighted by molar-refractivity contribution is 0.0975. The largest absolute Gasteiger partial charge is 0.288 e. The normalized spacial score (nSPS) is 16.6. The van der Waals surface area contributed by atoms with E-state index in [1.807, 2.05) is 83.4 Å². The third-order valence-corrected chi connectivity index (χ3v) is 19.0. The maximum atomic E-state index is 14.0. The molecule has 0 unspecified atom stereocenters. The number of carbonyl (C=O) groups excluding carboxylic acids is 4. The summed E-state index contributed by atoms with van der Waals surface area (Å²) in [6.45, 7) is 0. The van der Waals surface area contributed by atoms with Crippen LogP contribution in [0.1, 0.15) is 94.4 Å². The summed E-state index contributed by atoms with van der Waals surface area (Å²) in [6.07, 6.45) is 9.36. The zero-order valence-electron chi connectivity index (χ0n) is 32.8. The minimum Gasteiger partial charge on any atom is -0.288 e. The van der Waals surface area contributed by atoms with Crippen molar-refractivity contribution in [3.8, 4) is 9.75 Å². The number of allylic oxidation sites excluding steroid dienone is 2. The molecule has 0 bridgehead atoms. The minimum atomic E-state index is -0.209. The molecule has 1 spiro atoms. The highest BCUT2D eigenvalue weighted by Gasteiger charge is 2.48. The fourth-order valence-corrected chi connectivity index (χ4v) is 16.7. The molecule has 4 aromatic heterocycles.